The highest BCUT2D eigenvalue weighted by Crippen LogP contribution is 2.27. The molecule has 0 atom stereocenters. The molecule has 0 aromatic heterocycles. The zero-order chi connectivity index (χ0) is 17.2. The molecule has 2 rings (SSSR count). The van der Waals surface area contributed by atoms with E-state index in [1.54, 1.807) is 31.2 Å². The summed E-state index contributed by atoms with van der Waals surface area (Å²) in [6.07, 6.45) is 0. The van der Waals surface area contributed by atoms with Crippen LogP contribution in [-0.2, 0) is 14.8 Å². The number of hydrogen-bond donors (Lipinski definition) is 1. The van der Waals surface area contributed by atoms with Crippen molar-refractivity contribution in [1.82, 2.24) is 0 Å². The number of primary amides is 1. The Kier molecular flexibility index (Phi) is 4.75. The Morgan fingerprint density at radius 3 is 2.09 bits per heavy atom. The van der Waals surface area contributed by atoms with Gasteiger partial charge < -0.3 is 5.73 Å². The first-order valence-corrected chi connectivity index (χ1v) is 8.61. The van der Waals surface area contributed by atoms with Gasteiger partial charge in [0, 0.05) is 0 Å². The second-order valence-corrected chi connectivity index (χ2v) is 7.44. The molecule has 0 saturated carbocycles. The lowest BCUT2D eigenvalue weighted by atomic mass is 10.1. The van der Waals surface area contributed by atoms with Gasteiger partial charge in [0.05, 0.1) is 10.6 Å². The Hall–Kier alpha value is -2.34. The maximum absolute atomic E-state index is 12.9. The van der Waals surface area contributed by atoms with E-state index in [-0.39, 0.29) is 4.90 Å². The van der Waals surface area contributed by atoms with E-state index in [1.807, 2.05) is 19.9 Å². The van der Waals surface area contributed by atoms with Crippen molar-refractivity contribution in [2.24, 2.45) is 5.73 Å². The summed E-state index contributed by atoms with van der Waals surface area (Å²) < 4.78 is 26.9. The first-order chi connectivity index (χ1) is 10.7. The SMILES string of the molecule is Cc1ccc(S(=O)(=O)N(CC(N)=O)c2ccc(C)cc2C)cc1. The molecule has 0 heterocycles. The summed E-state index contributed by atoms with van der Waals surface area (Å²) in [6.45, 7) is 5.20. The third kappa shape index (κ3) is 3.71. The monoisotopic (exact) mass is 332 g/mol. The van der Waals surface area contributed by atoms with Crippen molar-refractivity contribution < 1.29 is 13.2 Å². The van der Waals surface area contributed by atoms with E-state index in [0.717, 1.165) is 21.0 Å². The number of carbonyl (C=O) groups excluding carboxylic acids is 1. The Morgan fingerprint density at radius 1 is 1.00 bits per heavy atom. The topological polar surface area (TPSA) is 80.5 Å². The molecule has 0 spiro atoms. The maximum atomic E-state index is 12.9. The van der Waals surface area contributed by atoms with Crippen LogP contribution in [0.1, 0.15) is 16.7 Å². The molecule has 0 saturated heterocycles. The number of nitrogens with zero attached hydrogens (tertiary/aromatic N) is 1. The lowest BCUT2D eigenvalue weighted by molar-refractivity contribution is -0.116. The highest BCUT2D eigenvalue weighted by Gasteiger charge is 2.27. The predicted octanol–water partition coefficient (Wildman–Crippen LogP) is 2.29. The Bertz CT molecular complexity index is 827. The average molecular weight is 332 g/mol. The highest BCUT2D eigenvalue weighted by molar-refractivity contribution is 7.92. The molecule has 2 aromatic rings. The van der Waals surface area contributed by atoms with E-state index < -0.39 is 22.5 Å². The van der Waals surface area contributed by atoms with Gasteiger partial charge in [-0.05, 0) is 44.5 Å². The van der Waals surface area contributed by atoms with Crippen LogP contribution in [0.25, 0.3) is 0 Å². The van der Waals surface area contributed by atoms with Crippen molar-refractivity contribution in [2.75, 3.05) is 10.8 Å². The molecule has 0 bridgehead atoms. The van der Waals surface area contributed by atoms with Crippen LogP contribution in [0, 0.1) is 20.8 Å². The number of benzene rings is 2. The van der Waals surface area contributed by atoms with Gasteiger partial charge in [0.25, 0.3) is 10.0 Å². The summed E-state index contributed by atoms with van der Waals surface area (Å²) in [6, 6.07) is 11.9. The molecule has 0 aliphatic carbocycles. The molecule has 1 amide bonds. The van der Waals surface area contributed by atoms with Gasteiger partial charge >= 0.3 is 0 Å². The second-order valence-electron chi connectivity index (χ2n) is 5.58. The zero-order valence-corrected chi connectivity index (χ0v) is 14.2. The van der Waals surface area contributed by atoms with Gasteiger partial charge in [-0.25, -0.2) is 8.42 Å². The van der Waals surface area contributed by atoms with Crippen LogP contribution in [-0.4, -0.2) is 20.9 Å². The number of carbonyl (C=O) groups is 1. The van der Waals surface area contributed by atoms with Crippen molar-refractivity contribution in [3.8, 4) is 0 Å². The van der Waals surface area contributed by atoms with Crippen LogP contribution in [0.15, 0.2) is 47.4 Å². The summed E-state index contributed by atoms with van der Waals surface area (Å²) in [7, 11) is -3.87. The first kappa shape index (κ1) is 17.0. The van der Waals surface area contributed by atoms with Crippen LogP contribution >= 0.6 is 0 Å². The molecule has 0 unspecified atom stereocenters. The van der Waals surface area contributed by atoms with Crippen molar-refractivity contribution >= 4 is 21.6 Å². The van der Waals surface area contributed by atoms with Crippen LogP contribution < -0.4 is 10.0 Å². The second kappa shape index (κ2) is 6.42. The summed E-state index contributed by atoms with van der Waals surface area (Å²) >= 11 is 0. The number of nitrogens with two attached hydrogens (primary N) is 1. The van der Waals surface area contributed by atoms with E-state index in [9.17, 15) is 13.2 Å². The fraction of sp³-hybridized carbons (Fsp3) is 0.235. The number of sulfonamides is 1. The molecule has 0 aliphatic rings. The van der Waals surface area contributed by atoms with E-state index in [2.05, 4.69) is 0 Å². The lowest BCUT2D eigenvalue weighted by Gasteiger charge is -2.25. The number of amides is 1. The van der Waals surface area contributed by atoms with E-state index in [1.165, 1.54) is 12.1 Å². The highest BCUT2D eigenvalue weighted by atomic mass is 32.2. The van der Waals surface area contributed by atoms with Crippen LogP contribution in [0.3, 0.4) is 0 Å². The summed E-state index contributed by atoms with van der Waals surface area (Å²) in [5, 5.41) is 0. The van der Waals surface area contributed by atoms with Gasteiger partial charge in [0.2, 0.25) is 5.91 Å². The minimum absolute atomic E-state index is 0.129. The van der Waals surface area contributed by atoms with Crippen LogP contribution in [0.4, 0.5) is 5.69 Å². The molecule has 0 radical (unpaired) electrons. The van der Waals surface area contributed by atoms with Crippen molar-refractivity contribution in [3.63, 3.8) is 0 Å². The van der Waals surface area contributed by atoms with E-state index >= 15 is 0 Å². The van der Waals surface area contributed by atoms with Gasteiger partial charge in [-0.2, -0.15) is 0 Å². The van der Waals surface area contributed by atoms with Gasteiger partial charge in [-0.15, -0.1) is 0 Å². The number of hydrogen-bond acceptors (Lipinski definition) is 3. The van der Waals surface area contributed by atoms with Crippen molar-refractivity contribution in [1.29, 1.82) is 0 Å². The Morgan fingerprint density at radius 2 is 1.57 bits per heavy atom. The fourth-order valence-electron chi connectivity index (χ4n) is 2.36. The zero-order valence-electron chi connectivity index (χ0n) is 13.4. The smallest absolute Gasteiger partial charge is 0.264 e. The van der Waals surface area contributed by atoms with Gasteiger partial charge in [0.15, 0.2) is 0 Å². The molecule has 2 N–H and O–H groups in total. The van der Waals surface area contributed by atoms with Crippen molar-refractivity contribution in [2.45, 2.75) is 25.7 Å². The Labute approximate surface area is 136 Å². The maximum Gasteiger partial charge on any atom is 0.264 e. The molecular formula is C17H20N2O3S. The molecule has 0 aliphatic heterocycles. The largest absolute Gasteiger partial charge is 0.368 e. The Balaban J connectivity index is 2.57. The molecule has 2 aromatic carbocycles. The third-order valence-electron chi connectivity index (χ3n) is 3.53. The van der Waals surface area contributed by atoms with Gasteiger partial charge in [-0.3, -0.25) is 9.10 Å². The number of rotatable bonds is 5. The minimum Gasteiger partial charge on any atom is -0.368 e. The minimum atomic E-state index is -3.87. The van der Waals surface area contributed by atoms with Gasteiger partial charge in [-0.1, -0.05) is 35.4 Å². The van der Waals surface area contributed by atoms with E-state index in [4.69, 9.17) is 5.73 Å². The average Bonchev–Trinajstić information content (AvgIpc) is 2.45. The fourth-order valence-corrected chi connectivity index (χ4v) is 3.86. The normalized spacial score (nSPS) is 11.3. The van der Waals surface area contributed by atoms with E-state index in [0.29, 0.717) is 5.69 Å². The molecular weight excluding hydrogens is 312 g/mol. The molecule has 6 heteroatoms. The lowest BCUT2D eigenvalue weighted by Crippen LogP contribution is -2.39. The predicted molar refractivity (Wildman–Crippen MR) is 90.8 cm³/mol. The van der Waals surface area contributed by atoms with Gasteiger partial charge in [0.1, 0.15) is 6.54 Å². The summed E-state index contributed by atoms with van der Waals surface area (Å²) in [5.74, 6) is -0.708. The van der Waals surface area contributed by atoms with Crippen molar-refractivity contribution in [3.05, 3.63) is 59.2 Å². The molecule has 5 nitrogen and oxygen atoms in total. The molecule has 0 fully saturated rings. The number of aryl methyl sites for hydroxylation is 3. The summed E-state index contributed by atoms with van der Waals surface area (Å²) in [5.41, 5.74) is 8.45. The third-order valence-corrected chi connectivity index (χ3v) is 5.30. The van der Waals surface area contributed by atoms with Crippen LogP contribution in [0.2, 0.25) is 0 Å². The standard InChI is InChI=1S/C17H20N2O3S/c1-12-4-7-15(8-5-12)23(21,22)19(11-17(18)20)16-9-6-13(2)10-14(16)3/h4-10H,11H2,1-3H3,(H2,18,20). The van der Waals surface area contributed by atoms with Crippen LogP contribution in [0.5, 0.6) is 0 Å². The molecule has 122 valence electrons. The quantitative estimate of drug-likeness (QED) is 0.912. The summed E-state index contributed by atoms with van der Waals surface area (Å²) in [4.78, 5) is 11.5. The molecule has 23 heavy (non-hydrogen) atoms. The number of anilines is 1. The first-order valence-electron chi connectivity index (χ1n) is 7.17.